The molecule has 2 rings (SSSR count). The molecular formula is C16H20O2S. The van der Waals surface area contributed by atoms with Crippen LogP contribution in [0.4, 0.5) is 0 Å². The van der Waals surface area contributed by atoms with E-state index in [1.54, 1.807) is 0 Å². The fourth-order valence-corrected chi connectivity index (χ4v) is 2.75. The lowest BCUT2D eigenvalue weighted by Crippen LogP contribution is -2.15. The van der Waals surface area contributed by atoms with Crippen molar-refractivity contribution in [1.82, 2.24) is 0 Å². The minimum Gasteiger partial charge on any atom is -0.461 e. The monoisotopic (exact) mass is 276 g/mol. The van der Waals surface area contributed by atoms with Gasteiger partial charge in [0.1, 0.15) is 6.61 Å². The molecular weight excluding hydrogens is 256 g/mol. The summed E-state index contributed by atoms with van der Waals surface area (Å²) in [6.45, 7) is 0.377. The van der Waals surface area contributed by atoms with Crippen LogP contribution in [0.3, 0.4) is 0 Å². The highest BCUT2D eigenvalue weighted by atomic mass is 32.1. The molecule has 1 aliphatic carbocycles. The number of carbonyl (C=O) groups excluding carboxylic acids is 1. The number of hydrogen-bond acceptors (Lipinski definition) is 3. The van der Waals surface area contributed by atoms with Crippen LogP contribution in [0, 0.1) is 5.92 Å². The third kappa shape index (κ3) is 4.75. The summed E-state index contributed by atoms with van der Waals surface area (Å²) in [5.41, 5.74) is 2.39. The van der Waals surface area contributed by atoms with Gasteiger partial charge in [0.15, 0.2) is 0 Å². The largest absolute Gasteiger partial charge is 0.461 e. The van der Waals surface area contributed by atoms with E-state index in [9.17, 15) is 4.79 Å². The van der Waals surface area contributed by atoms with Gasteiger partial charge in [-0.15, -0.1) is 0 Å². The highest BCUT2D eigenvalue weighted by Crippen LogP contribution is 2.31. The number of ether oxygens (including phenoxy) is 1. The Morgan fingerprint density at radius 3 is 2.89 bits per heavy atom. The maximum Gasteiger partial charge on any atom is 0.306 e. The SMILES string of the molecule is O=C(CC1CCC/C(=C/S)C1)OCc1ccccc1. The molecule has 3 heteroatoms. The topological polar surface area (TPSA) is 26.3 Å². The summed E-state index contributed by atoms with van der Waals surface area (Å²) in [4.78, 5) is 11.8. The van der Waals surface area contributed by atoms with Crippen LogP contribution in [-0.2, 0) is 16.1 Å². The van der Waals surface area contributed by atoms with E-state index < -0.39 is 0 Å². The van der Waals surface area contributed by atoms with Crippen molar-refractivity contribution in [3.63, 3.8) is 0 Å². The Morgan fingerprint density at radius 2 is 2.16 bits per heavy atom. The summed E-state index contributed by atoms with van der Waals surface area (Å²) in [7, 11) is 0. The molecule has 19 heavy (non-hydrogen) atoms. The molecule has 102 valence electrons. The van der Waals surface area contributed by atoms with E-state index in [2.05, 4.69) is 12.6 Å². The number of thiol groups is 1. The maximum absolute atomic E-state index is 11.8. The van der Waals surface area contributed by atoms with E-state index in [-0.39, 0.29) is 5.97 Å². The van der Waals surface area contributed by atoms with E-state index in [0.29, 0.717) is 18.9 Å². The Balaban J connectivity index is 1.75. The standard InChI is InChI=1S/C16H20O2S/c17-16(18-11-13-5-2-1-3-6-13)10-14-7-4-8-15(9-14)12-19/h1-3,5-6,12,14,19H,4,7-11H2/b15-12-. The first-order valence-corrected chi connectivity index (χ1v) is 7.31. The summed E-state index contributed by atoms with van der Waals surface area (Å²) < 4.78 is 5.32. The van der Waals surface area contributed by atoms with Crippen LogP contribution in [0.25, 0.3) is 0 Å². The Kier molecular flexibility index (Phi) is 5.52. The molecule has 1 atom stereocenters. The average Bonchev–Trinajstić information content (AvgIpc) is 2.46. The molecule has 0 aliphatic heterocycles. The van der Waals surface area contributed by atoms with Crippen molar-refractivity contribution in [2.24, 2.45) is 5.92 Å². The second-order valence-corrected chi connectivity index (χ2v) is 5.36. The quantitative estimate of drug-likeness (QED) is 0.661. The van der Waals surface area contributed by atoms with Crippen molar-refractivity contribution >= 4 is 18.6 Å². The molecule has 0 bridgehead atoms. The number of carbonyl (C=O) groups is 1. The summed E-state index contributed by atoms with van der Waals surface area (Å²) in [6, 6.07) is 9.80. The molecule has 0 aromatic heterocycles. The molecule has 0 amide bonds. The predicted molar refractivity (Wildman–Crippen MR) is 79.9 cm³/mol. The number of allylic oxidation sites excluding steroid dienone is 1. The molecule has 0 N–H and O–H groups in total. The van der Waals surface area contributed by atoms with Gasteiger partial charge in [0, 0.05) is 6.42 Å². The second kappa shape index (κ2) is 7.39. The van der Waals surface area contributed by atoms with Crippen molar-refractivity contribution < 1.29 is 9.53 Å². The van der Waals surface area contributed by atoms with Crippen LogP contribution in [0.15, 0.2) is 41.3 Å². The van der Waals surface area contributed by atoms with Gasteiger partial charge in [-0.05, 0) is 42.6 Å². The Morgan fingerprint density at radius 1 is 1.37 bits per heavy atom. The van der Waals surface area contributed by atoms with Crippen LogP contribution in [0.5, 0.6) is 0 Å². The second-order valence-electron chi connectivity index (χ2n) is 5.10. The van der Waals surface area contributed by atoms with E-state index in [1.807, 2.05) is 35.7 Å². The van der Waals surface area contributed by atoms with Crippen molar-refractivity contribution in [1.29, 1.82) is 0 Å². The number of hydrogen-bond donors (Lipinski definition) is 1. The smallest absolute Gasteiger partial charge is 0.306 e. The van der Waals surface area contributed by atoms with Crippen LogP contribution < -0.4 is 0 Å². The normalized spacial score (nSPS) is 21.3. The van der Waals surface area contributed by atoms with Gasteiger partial charge >= 0.3 is 5.97 Å². The van der Waals surface area contributed by atoms with Gasteiger partial charge in [-0.25, -0.2) is 0 Å². The molecule has 1 aromatic carbocycles. The van der Waals surface area contributed by atoms with Gasteiger partial charge in [-0.2, -0.15) is 12.6 Å². The third-order valence-electron chi connectivity index (χ3n) is 3.54. The zero-order valence-electron chi connectivity index (χ0n) is 11.0. The fourth-order valence-electron chi connectivity index (χ4n) is 2.52. The zero-order chi connectivity index (χ0) is 13.5. The van der Waals surface area contributed by atoms with Crippen LogP contribution >= 0.6 is 12.6 Å². The minimum atomic E-state index is -0.0886. The summed E-state index contributed by atoms with van der Waals surface area (Å²) in [5.74, 6) is 0.338. The first kappa shape index (κ1) is 14.2. The van der Waals surface area contributed by atoms with Crippen molar-refractivity contribution in [3.8, 4) is 0 Å². The van der Waals surface area contributed by atoms with Gasteiger partial charge in [0.05, 0.1) is 0 Å². The van der Waals surface area contributed by atoms with Gasteiger partial charge in [0.25, 0.3) is 0 Å². The lowest BCUT2D eigenvalue weighted by atomic mass is 9.84. The molecule has 1 saturated carbocycles. The number of esters is 1. The summed E-state index contributed by atoms with van der Waals surface area (Å²) in [6.07, 6.45) is 4.91. The van der Waals surface area contributed by atoms with E-state index in [1.165, 1.54) is 5.57 Å². The van der Waals surface area contributed by atoms with Crippen LogP contribution in [-0.4, -0.2) is 5.97 Å². The first-order chi connectivity index (χ1) is 9.28. The molecule has 0 saturated heterocycles. The molecule has 0 spiro atoms. The maximum atomic E-state index is 11.8. The van der Waals surface area contributed by atoms with Crippen molar-refractivity contribution in [2.45, 2.75) is 38.7 Å². The fraction of sp³-hybridized carbons (Fsp3) is 0.438. The lowest BCUT2D eigenvalue weighted by Gasteiger charge is -2.23. The Labute approximate surface area is 120 Å². The van der Waals surface area contributed by atoms with Gasteiger partial charge in [0.2, 0.25) is 0 Å². The van der Waals surface area contributed by atoms with Gasteiger partial charge < -0.3 is 4.74 Å². The molecule has 1 aliphatic rings. The molecule has 1 unspecified atom stereocenters. The number of benzene rings is 1. The first-order valence-electron chi connectivity index (χ1n) is 6.79. The Bertz CT molecular complexity index is 439. The number of rotatable bonds is 4. The molecule has 0 heterocycles. The highest BCUT2D eigenvalue weighted by Gasteiger charge is 2.20. The van der Waals surface area contributed by atoms with E-state index in [0.717, 1.165) is 31.2 Å². The summed E-state index contributed by atoms with van der Waals surface area (Å²) in [5, 5.41) is 1.89. The summed E-state index contributed by atoms with van der Waals surface area (Å²) >= 11 is 4.21. The lowest BCUT2D eigenvalue weighted by molar-refractivity contribution is -0.146. The molecule has 1 fully saturated rings. The van der Waals surface area contributed by atoms with Crippen LogP contribution in [0.2, 0.25) is 0 Å². The van der Waals surface area contributed by atoms with Gasteiger partial charge in [-0.1, -0.05) is 35.9 Å². The van der Waals surface area contributed by atoms with Crippen molar-refractivity contribution in [2.75, 3.05) is 0 Å². The van der Waals surface area contributed by atoms with E-state index in [4.69, 9.17) is 4.74 Å². The molecule has 0 radical (unpaired) electrons. The van der Waals surface area contributed by atoms with Gasteiger partial charge in [-0.3, -0.25) is 4.79 Å². The van der Waals surface area contributed by atoms with E-state index >= 15 is 0 Å². The molecule has 2 nitrogen and oxygen atoms in total. The van der Waals surface area contributed by atoms with Crippen molar-refractivity contribution in [3.05, 3.63) is 46.9 Å². The zero-order valence-corrected chi connectivity index (χ0v) is 11.9. The Hall–Kier alpha value is -1.22. The minimum absolute atomic E-state index is 0.0886. The third-order valence-corrected chi connectivity index (χ3v) is 3.91. The van der Waals surface area contributed by atoms with Crippen LogP contribution in [0.1, 0.15) is 37.7 Å². The highest BCUT2D eigenvalue weighted by molar-refractivity contribution is 7.83. The molecule has 1 aromatic rings. The average molecular weight is 276 g/mol. The predicted octanol–water partition coefficient (Wildman–Crippen LogP) is 4.12.